The zero-order chi connectivity index (χ0) is 21.0. The smallest absolute Gasteiger partial charge is 0.359 e. The van der Waals surface area contributed by atoms with Gasteiger partial charge in [-0.3, -0.25) is 9.59 Å². The highest BCUT2D eigenvalue weighted by Crippen LogP contribution is 2.20. The van der Waals surface area contributed by atoms with Crippen molar-refractivity contribution >= 4 is 22.6 Å². The minimum Gasteiger partial charge on any atom is -0.451 e. The number of carbonyl (C=O) groups is 2. The molecule has 0 spiro atoms. The molecule has 7 heteroatoms. The molecule has 0 aliphatic carbocycles. The van der Waals surface area contributed by atoms with Crippen LogP contribution in [0.4, 0.5) is 0 Å². The number of esters is 1. The van der Waals surface area contributed by atoms with Crippen LogP contribution >= 0.6 is 0 Å². The topological polar surface area (TPSA) is 81.5 Å². The minimum atomic E-state index is -0.683. The van der Waals surface area contributed by atoms with Gasteiger partial charge in [-0.15, -0.1) is 0 Å². The molecule has 29 heavy (non-hydrogen) atoms. The van der Waals surface area contributed by atoms with Crippen LogP contribution in [0.2, 0.25) is 0 Å². The Morgan fingerprint density at radius 2 is 1.93 bits per heavy atom. The normalized spacial score (nSPS) is 17.0. The van der Waals surface area contributed by atoms with Crippen LogP contribution < -0.4 is 5.56 Å². The number of hydrogen-bond donors (Lipinski definition) is 0. The molecule has 1 fully saturated rings. The average Bonchev–Trinajstić information content (AvgIpc) is 2.73. The Labute approximate surface area is 170 Å². The first kappa shape index (κ1) is 21.0. The Bertz CT molecular complexity index is 951. The van der Waals surface area contributed by atoms with E-state index in [1.807, 2.05) is 18.7 Å². The van der Waals surface area contributed by atoms with Crippen molar-refractivity contribution < 1.29 is 14.3 Å². The van der Waals surface area contributed by atoms with Crippen molar-refractivity contribution in [2.24, 2.45) is 5.92 Å². The van der Waals surface area contributed by atoms with E-state index in [-0.39, 0.29) is 35.7 Å². The largest absolute Gasteiger partial charge is 0.451 e. The Morgan fingerprint density at radius 3 is 2.62 bits per heavy atom. The Hall–Kier alpha value is -2.70. The van der Waals surface area contributed by atoms with Crippen molar-refractivity contribution in [3.05, 3.63) is 40.3 Å². The third kappa shape index (κ3) is 4.66. The lowest BCUT2D eigenvalue weighted by atomic mass is 10.00. The van der Waals surface area contributed by atoms with Crippen molar-refractivity contribution in [2.75, 3.05) is 13.2 Å². The zero-order valence-corrected chi connectivity index (χ0v) is 17.4. The third-order valence-electron chi connectivity index (χ3n) is 5.34. The number of aromatic nitrogens is 2. The van der Waals surface area contributed by atoms with Crippen molar-refractivity contribution in [1.29, 1.82) is 0 Å². The second-order valence-electron chi connectivity index (χ2n) is 8.00. The number of benzene rings is 1. The number of likely N-dealkylation sites (tertiary alicyclic amines) is 1. The summed E-state index contributed by atoms with van der Waals surface area (Å²) in [6, 6.07) is 7.07. The van der Waals surface area contributed by atoms with Gasteiger partial charge in [0.2, 0.25) is 0 Å². The summed E-state index contributed by atoms with van der Waals surface area (Å²) in [6.07, 6.45) is 3.98. The Balaban J connectivity index is 1.82. The van der Waals surface area contributed by atoms with Crippen molar-refractivity contribution in [2.45, 2.75) is 59.0 Å². The fourth-order valence-electron chi connectivity index (χ4n) is 3.89. The summed E-state index contributed by atoms with van der Waals surface area (Å²) >= 11 is 0. The van der Waals surface area contributed by atoms with E-state index in [0.717, 1.165) is 25.7 Å². The lowest BCUT2D eigenvalue weighted by Crippen LogP contribution is -2.45. The van der Waals surface area contributed by atoms with Gasteiger partial charge in [0.05, 0.1) is 5.39 Å². The molecule has 1 saturated heterocycles. The van der Waals surface area contributed by atoms with E-state index in [1.165, 1.54) is 4.68 Å². The van der Waals surface area contributed by atoms with Crippen LogP contribution in [0.1, 0.15) is 56.9 Å². The summed E-state index contributed by atoms with van der Waals surface area (Å²) in [4.78, 5) is 39.9. The molecule has 156 valence electrons. The van der Waals surface area contributed by atoms with E-state index in [1.54, 1.807) is 24.3 Å². The number of hydrogen-bond acceptors (Lipinski definition) is 5. The molecule has 7 nitrogen and oxygen atoms in total. The van der Waals surface area contributed by atoms with Gasteiger partial charge >= 0.3 is 5.97 Å². The predicted octanol–water partition coefficient (Wildman–Crippen LogP) is 3.00. The molecule has 3 rings (SSSR count). The van der Waals surface area contributed by atoms with Crippen molar-refractivity contribution in [1.82, 2.24) is 14.7 Å². The van der Waals surface area contributed by atoms with Crippen LogP contribution in [-0.4, -0.2) is 45.8 Å². The van der Waals surface area contributed by atoms with Crippen LogP contribution in [0.5, 0.6) is 0 Å². The van der Waals surface area contributed by atoms with Crippen LogP contribution in [0, 0.1) is 5.92 Å². The summed E-state index contributed by atoms with van der Waals surface area (Å²) in [5.41, 5.74) is -0.166. The highest BCUT2D eigenvalue weighted by Gasteiger charge is 2.27. The van der Waals surface area contributed by atoms with Crippen molar-refractivity contribution in [3.8, 4) is 0 Å². The van der Waals surface area contributed by atoms with E-state index < -0.39 is 5.97 Å². The number of amides is 1. The minimum absolute atomic E-state index is 0.0688. The number of rotatable bonds is 6. The quantitative estimate of drug-likeness (QED) is 0.698. The van der Waals surface area contributed by atoms with Gasteiger partial charge in [0.1, 0.15) is 0 Å². The monoisotopic (exact) mass is 399 g/mol. The standard InChI is InChI=1S/C22H29N3O4/c1-4-16-9-7-8-12-24(16)19(26)14-29-22(28)20-17-10-5-6-11-18(17)21(27)25(23-20)13-15(2)3/h5-6,10-11,15-16H,4,7-9,12-14H2,1-3H3/t16-/m0/s1. The third-order valence-corrected chi connectivity index (χ3v) is 5.34. The number of carbonyl (C=O) groups excluding carboxylic acids is 2. The summed E-state index contributed by atoms with van der Waals surface area (Å²) in [6.45, 7) is 6.81. The first-order valence-electron chi connectivity index (χ1n) is 10.4. The van der Waals surface area contributed by atoms with Crippen LogP contribution in [0.15, 0.2) is 29.1 Å². The van der Waals surface area contributed by atoms with E-state index in [0.29, 0.717) is 23.9 Å². The summed E-state index contributed by atoms with van der Waals surface area (Å²) in [5, 5.41) is 5.13. The lowest BCUT2D eigenvalue weighted by Gasteiger charge is -2.35. The number of ether oxygens (including phenoxy) is 1. The summed E-state index contributed by atoms with van der Waals surface area (Å²) < 4.78 is 6.64. The van der Waals surface area contributed by atoms with Crippen LogP contribution in [0.3, 0.4) is 0 Å². The van der Waals surface area contributed by atoms with Gasteiger partial charge in [0.25, 0.3) is 11.5 Å². The molecule has 0 bridgehead atoms. The zero-order valence-electron chi connectivity index (χ0n) is 17.4. The Morgan fingerprint density at radius 1 is 1.21 bits per heavy atom. The Kier molecular flexibility index (Phi) is 6.67. The molecule has 1 aliphatic rings. The summed E-state index contributed by atoms with van der Waals surface area (Å²) in [5.74, 6) is -0.668. The van der Waals surface area contributed by atoms with Gasteiger partial charge < -0.3 is 9.64 Å². The van der Waals surface area contributed by atoms with E-state index in [9.17, 15) is 14.4 Å². The van der Waals surface area contributed by atoms with Crippen LogP contribution in [0.25, 0.3) is 10.8 Å². The van der Waals surface area contributed by atoms with Gasteiger partial charge in [-0.2, -0.15) is 5.10 Å². The molecule has 2 heterocycles. The second kappa shape index (κ2) is 9.20. The number of piperidine rings is 1. The predicted molar refractivity (Wildman–Crippen MR) is 111 cm³/mol. The molecule has 1 amide bonds. The van der Waals surface area contributed by atoms with Gasteiger partial charge in [-0.1, -0.05) is 39.0 Å². The number of fused-ring (bicyclic) bond motifs is 1. The van der Waals surface area contributed by atoms with Crippen LogP contribution in [-0.2, 0) is 16.1 Å². The van der Waals surface area contributed by atoms with Gasteiger partial charge in [-0.05, 0) is 37.7 Å². The average molecular weight is 399 g/mol. The molecule has 0 radical (unpaired) electrons. The second-order valence-corrected chi connectivity index (χ2v) is 8.00. The maximum absolute atomic E-state index is 12.8. The molecule has 0 N–H and O–H groups in total. The van der Waals surface area contributed by atoms with E-state index in [2.05, 4.69) is 12.0 Å². The first-order chi connectivity index (χ1) is 13.9. The fraction of sp³-hybridized carbons (Fsp3) is 0.545. The fourth-order valence-corrected chi connectivity index (χ4v) is 3.89. The van der Waals surface area contributed by atoms with Gasteiger partial charge in [0, 0.05) is 24.5 Å². The van der Waals surface area contributed by atoms with Gasteiger partial charge in [0.15, 0.2) is 12.3 Å². The highest BCUT2D eigenvalue weighted by atomic mass is 16.5. The van der Waals surface area contributed by atoms with Gasteiger partial charge in [-0.25, -0.2) is 9.48 Å². The molecule has 0 unspecified atom stereocenters. The molecule has 1 aromatic heterocycles. The molecular formula is C22H29N3O4. The highest BCUT2D eigenvalue weighted by molar-refractivity contribution is 6.02. The van der Waals surface area contributed by atoms with Crippen molar-refractivity contribution in [3.63, 3.8) is 0 Å². The molecule has 1 aliphatic heterocycles. The molecule has 1 atom stereocenters. The lowest BCUT2D eigenvalue weighted by molar-refractivity contribution is -0.138. The maximum atomic E-state index is 12.8. The van der Waals surface area contributed by atoms with E-state index in [4.69, 9.17) is 4.74 Å². The number of nitrogens with zero attached hydrogens (tertiary/aromatic N) is 3. The van der Waals surface area contributed by atoms with E-state index >= 15 is 0 Å². The summed E-state index contributed by atoms with van der Waals surface area (Å²) in [7, 11) is 0. The molecular weight excluding hydrogens is 370 g/mol. The first-order valence-corrected chi connectivity index (χ1v) is 10.4. The SMILES string of the molecule is CC[C@H]1CCCCN1C(=O)COC(=O)c1nn(CC(C)C)c(=O)c2ccccc12. The molecule has 1 aromatic carbocycles. The molecule has 2 aromatic rings. The molecule has 0 saturated carbocycles. The maximum Gasteiger partial charge on any atom is 0.359 e.